The molecule has 6 nitrogen and oxygen atoms in total. The first-order valence-corrected chi connectivity index (χ1v) is 7.04. The molecule has 0 bridgehead atoms. The first-order chi connectivity index (χ1) is 10.1. The Bertz CT molecular complexity index is 481. The van der Waals surface area contributed by atoms with Crippen LogP contribution in [-0.4, -0.2) is 54.7 Å². The number of aliphatic carboxylic acids is 1. The van der Waals surface area contributed by atoms with Crippen LogP contribution in [0.25, 0.3) is 0 Å². The van der Waals surface area contributed by atoms with Gasteiger partial charge < -0.3 is 15.2 Å². The summed E-state index contributed by atoms with van der Waals surface area (Å²) in [5, 5.41) is 11.1. The van der Waals surface area contributed by atoms with Crippen LogP contribution in [0.4, 0.5) is 0 Å². The number of morpholine rings is 1. The number of nitrogens with zero attached hydrogens (tertiary/aromatic N) is 1. The summed E-state index contributed by atoms with van der Waals surface area (Å²) >= 11 is 0. The molecule has 0 spiro atoms. The van der Waals surface area contributed by atoms with Crippen molar-refractivity contribution in [2.45, 2.75) is 13.0 Å². The first-order valence-electron chi connectivity index (χ1n) is 7.04. The lowest BCUT2D eigenvalue weighted by atomic mass is 10.1. The summed E-state index contributed by atoms with van der Waals surface area (Å²) < 4.78 is 5.31. The van der Waals surface area contributed by atoms with Crippen molar-refractivity contribution in [3.8, 4) is 0 Å². The highest BCUT2D eigenvalue weighted by molar-refractivity contribution is 5.94. The highest BCUT2D eigenvalue weighted by atomic mass is 16.5. The van der Waals surface area contributed by atoms with Gasteiger partial charge in [0.15, 0.2) is 0 Å². The predicted octanol–water partition coefficient (Wildman–Crippen LogP) is 0.723. The molecule has 2 N–H and O–H groups in total. The minimum atomic E-state index is -0.920. The van der Waals surface area contributed by atoms with Gasteiger partial charge >= 0.3 is 5.97 Å². The van der Waals surface area contributed by atoms with Crippen molar-refractivity contribution in [1.82, 2.24) is 10.2 Å². The second-order valence-electron chi connectivity index (χ2n) is 4.99. The molecule has 1 aliphatic rings. The quantitative estimate of drug-likeness (QED) is 0.808. The van der Waals surface area contributed by atoms with E-state index in [4.69, 9.17) is 9.84 Å². The molecular formula is C15H20N2O4. The van der Waals surface area contributed by atoms with Gasteiger partial charge in [0.25, 0.3) is 5.91 Å². The Labute approximate surface area is 123 Å². The second-order valence-corrected chi connectivity index (χ2v) is 4.99. The number of nitrogens with one attached hydrogen (secondary N) is 1. The smallest absolute Gasteiger partial charge is 0.305 e. The molecule has 114 valence electrons. The van der Waals surface area contributed by atoms with Gasteiger partial charge in [0.2, 0.25) is 0 Å². The lowest BCUT2D eigenvalue weighted by molar-refractivity contribution is -0.136. The Balaban J connectivity index is 1.83. The van der Waals surface area contributed by atoms with E-state index in [1.807, 2.05) is 12.1 Å². The topological polar surface area (TPSA) is 78.9 Å². The molecule has 1 fully saturated rings. The van der Waals surface area contributed by atoms with Crippen molar-refractivity contribution in [1.29, 1.82) is 0 Å². The van der Waals surface area contributed by atoms with Gasteiger partial charge in [0.05, 0.1) is 19.6 Å². The van der Waals surface area contributed by atoms with E-state index in [0.717, 1.165) is 38.4 Å². The van der Waals surface area contributed by atoms with Crippen molar-refractivity contribution in [2.75, 3.05) is 32.8 Å². The average molecular weight is 292 g/mol. The SMILES string of the molecule is O=C(O)CCNC(=O)c1ccc(CN2CCOCC2)cc1. The van der Waals surface area contributed by atoms with E-state index in [2.05, 4.69) is 10.2 Å². The minimum Gasteiger partial charge on any atom is -0.481 e. The van der Waals surface area contributed by atoms with Crippen LogP contribution in [0, 0.1) is 0 Å². The van der Waals surface area contributed by atoms with Gasteiger partial charge in [-0.25, -0.2) is 0 Å². The summed E-state index contributed by atoms with van der Waals surface area (Å²) in [5.41, 5.74) is 1.70. The normalized spacial score (nSPS) is 15.6. The van der Waals surface area contributed by atoms with Crippen molar-refractivity contribution in [3.63, 3.8) is 0 Å². The lowest BCUT2D eigenvalue weighted by Crippen LogP contribution is -2.35. The molecule has 2 rings (SSSR count). The van der Waals surface area contributed by atoms with E-state index >= 15 is 0 Å². The number of carboxylic acid groups (broad SMARTS) is 1. The number of amides is 1. The largest absolute Gasteiger partial charge is 0.481 e. The number of ether oxygens (including phenoxy) is 1. The van der Waals surface area contributed by atoms with Crippen LogP contribution in [0.3, 0.4) is 0 Å². The standard InChI is InChI=1S/C15H20N2O4/c18-14(19)5-6-16-15(20)13-3-1-12(2-4-13)11-17-7-9-21-10-8-17/h1-4H,5-11H2,(H,16,20)(H,18,19). The van der Waals surface area contributed by atoms with Crippen LogP contribution in [0.2, 0.25) is 0 Å². The Kier molecular flexibility index (Phi) is 5.71. The zero-order valence-electron chi connectivity index (χ0n) is 11.9. The molecule has 0 atom stereocenters. The number of carbonyl (C=O) groups is 2. The molecule has 1 aromatic rings. The number of rotatable bonds is 6. The molecule has 0 saturated carbocycles. The van der Waals surface area contributed by atoms with Gasteiger partial charge in [-0.05, 0) is 17.7 Å². The maximum absolute atomic E-state index is 11.8. The van der Waals surface area contributed by atoms with E-state index in [9.17, 15) is 9.59 Å². The summed E-state index contributed by atoms with van der Waals surface area (Å²) in [6, 6.07) is 7.40. The van der Waals surface area contributed by atoms with E-state index in [0.29, 0.717) is 5.56 Å². The monoisotopic (exact) mass is 292 g/mol. The molecule has 1 saturated heterocycles. The van der Waals surface area contributed by atoms with E-state index < -0.39 is 5.97 Å². The molecule has 0 aromatic heterocycles. The van der Waals surface area contributed by atoms with Gasteiger partial charge in [0, 0.05) is 31.7 Å². The lowest BCUT2D eigenvalue weighted by Gasteiger charge is -2.26. The number of carboxylic acids is 1. The second kappa shape index (κ2) is 7.75. The Hall–Kier alpha value is -1.92. The summed E-state index contributed by atoms with van der Waals surface area (Å²) in [6.07, 6.45) is -0.0686. The Morgan fingerprint density at radius 1 is 1.19 bits per heavy atom. The van der Waals surface area contributed by atoms with Crippen LogP contribution in [0.5, 0.6) is 0 Å². The highest BCUT2D eigenvalue weighted by Gasteiger charge is 2.11. The van der Waals surface area contributed by atoms with E-state index in [1.54, 1.807) is 12.1 Å². The fourth-order valence-corrected chi connectivity index (χ4v) is 2.16. The number of hydrogen-bond acceptors (Lipinski definition) is 4. The minimum absolute atomic E-state index is 0.0686. The predicted molar refractivity (Wildman–Crippen MR) is 77.1 cm³/mol. The Morgan fingerprint density at radius 3 is 2.48 bits per heavy atom. The fraction of sp³-hybridized carbons (Fsp3) is 0.467. The van der Waals surface area contributed by atoms with Crippen LogP contribution >= 0.6 is 0 Å². The van der Waals surface area contributed by atoms with Crippen molar-refractivity contribution in [3.05, 3.63) is 35.4 Å². The van der Waals surface area contributed by atoms with Crippen molar-refractivity contribution < 1.29 is 19.4 Å². The molecular weight excluding hydrogens is 272 g/mol. The third-order valence-corrected chi connectivity index (χ3v) is 3.35. The molecule has 0 aliphatic carbocycles. The van der Waals surface area contributed by atoms with E-state index in [-0.39, 0.29) is 18.9 Å². The third kappa shape index (κ3) is 5.17. The van der Waals surface area contributed by atoms with Gasteiger partial charge in [-0.15, -0.1) is 0 Å². The molecule has 6 heteroatoms. The van der Waals surface area contributed by atoms with Crippen molar-refractivity contribution >= 4 is 11.9 Å². The molecule has 1 amide bonds. The van der Waals surface area contributed by atoms with Gasteiger partial charge in [-0.1, -0.05) is 12.1 Å². The zero-order valence-corrected chi connectivity index (χ0v) is 11.9. The molecule has 1 aromatic carbocycles. The molecule has 21 heavy (non-hydrogen) atoms. The number of carbonyl (C=O) groups excluding carboxylic acids is 1. The van der Waals surface area contributed by atoms with Gasteiger partial charge in [0.1, 0.15) is 0 Å². The van der Waals surface area contributed by atoms with Crippen LogP contribution in [-0.2, 0) is 16.1 Å². The third-order valence-electron chi connectivity index (χ3n) is 3.35. The molecule has 0 radical (unpaired) electrons. The van der Waals surface area contributed by atoms with Gasteiger partial charge in [-0.3, -0.25) is 14.5 Å². The average Bonchev–Trinajstić information content (AvgIpc) is 2.48. The number of hydrogen-bond donors (Lipinski definition) is 2. The molecule has 1 heterocycles. The maximum Gasteiger partial charge on any atom is 0.305 e. The maximum atomic E-state index is 11.8. The van der Waals surface area contributed by atoms with Crippen LogP contribution < -0.4 is 5.32 Å². The fourth-order valence-electron chi connectivity index (χ4n) is 2.16. The van der Waals surface area contributed by atoms with E-state index in [1.165, 1.54) is 0 Å². The van der Waals surface area contributed by atoms with Crippen molar-refractivity contribution in [2.24, 2.45) is 0 Å². The van der Waals surface area contributed by atoms with Gasteiger partial charge in [-0.2, -0.15) is 0 Å². The summed E-state index contributed by atoms with van der Waals surface area (Å²) in [4.78, 5) is 24.5. The summed E-state index contributed by atoms with van der Waals surface area (Å²) in [7, 11) is 0. The van der Waals surface area contributed by atoms with Crippen LogP contribution in [0.1, 0.15) is 22.3 Å². The zero-order chi connectivity index (χ0) is 15.1. The molecule has 1 aliphatic heterocycles. The number of benzene rings is 1. The summed E-state index contributed by atoms with van der Waals surface area (Å²) in [6.45, 7) is 4.39. The highest BCUT2D eigenvalue weighted by Crippen LogP contribution is 2.09. The summed E-state index contributed by atoms with van der Waals surface area (Å²) in [5.74, 6) is -1.16. The Morgan fingerprint density at radius 2 is 1.86 bits per heavy atom. The first kappa shape index (κ1) is 15.5. The molecule has 0 unspecified atom stereocenters. The van der Waals surface area contributed by atoms with Crippen LogP contribution in [0.15, 0.2) is 24.3 Å².